The molecule has 3 aliphatic heterocycles. The lowest BCUT2D eigenvalue weighted by molar-refractivity contribution is 0.0992. The summed E-state index contributed by atoms with van der Waals surface area (Å²) in [7, 11) is -3.14. The lowest BCUT2D eigenvalue weighted by atomic mass is 9.96. The van der Waals surface area contributed by atoms with Crippen LogP contribution >= 0.6 is 24.0 Å². The standard InChI is InChI=1S/C15H28N4O3S.HI/c1-3-16-15(18-13-9-12-6-7-14(13)22-12)17-10-11-5-4-8-19(11)23(2,20)21;/h11-14H,3-10H2,1-2H3,(H2,16,17,18);1H/t11-,12?,13?,14?;/m1./s1. The number of nitrogens with zero attached hydrogens (tertiary/aromatic N) is 2. The van der Waals surface area contributed by atoms with Crippen LogP contribution in [0.25, 0.3) is 0 Å². The van der Waals surface area contributed by atoms with Crippen LogP contribution in [0, 0.1) is 0 Å². The predicted molar refractivity (Wildman–Crippen MR) is 105 cm³/mol. The summed E-state index contributed by atoms with van der Waals surface area (Å²) in [6.45, 7) is 3.94. The van der Waals surface area contributed by atoms with Crippen molar-refractivity contribution in [3.8, 4) is 0 Å². The molecule has 3 aliphatic rings. The highest BCUT2D eigenvalue weighted by molar-refractivity contribution is 14.0. The SMILES string of the molecule is CCNC(=NC[C@H]1CCCN1S(C)(=O)=O)NC1CC2CCC1O2.I. The van der Waals surface area contributed by atoms with Crippen LogP contribution in [0.5, 0.6) is 0 Å². The van der Waals surface area contributed by atoms with Gasteiger partial charge in [0.15, 0.2) is 5.96 Å². The normalized spacial score (nSPS) is 33.5. The van der Waals surface area contributed by atoms with Crippen molar-refractivity contribution in [1.82, 2.24) is 14.9 Å². The molecule has 9 heteroatoms. The quantitative estimate of drug-likeness (QED) is 0.353. The number of nitrogens with one attached hydrogen (secondary N) is 2. The van der Waals surface area contributed by atoms with Crippen LogP contribution in [0.3, 0.4) is 0 Å². The smallest absolute Gasteiger partial charge is 0.211 e. The number of rotatable bonds is 5. The third-order valence-corrected chi connectivity index (χ3v) is 6.31. The van der Waals surface area contributed by atoms with E-state index in [1.165, 1.54) is 12.7 Å². The first-order chi connectivity index (χ1) is 11.0. The van der Waals surface area contributed by atoms with Crippen LogP contribution in [0.1, 0.15) is 39.0 Å². The molecule has 3 heterocycles. The van der Waals surface area contributed by atoms with E-state index in [2.05, 4.69) is 15.6 Å². The summed E-state index contributed by atoms with van der Waals surface area (Å²) < 4.78 is 31.1. The topological polar surface area (TPSA) is 83.0 Å². The Morgan fingerprint density at radius 2 is 2.12 bits per heavy atom. The average molecular weight is 472 g/mol. The second kappa shape index (κ2) is 8.50. The van der Waals surface area contributed by atoms with Crippen LogP contribution in [-0.4, -0.2) is 68.9 Å². The lowest BCUT2D eigenvalue weighted by Gasteiger charge is -2.24. The van der Waals surface area contributed by atoms with Crippen molar-refractivity contribution < 1.29 is 13.2 Å². The third kappa shape index (κ3) is 4.73. The molecule has 3 unspecified atom stereocenters. The molecular weight excluding hydrogens is 443 g/mol. The van der Waals surface area contributed by atoms with Crippen LogP contribution < -0.4 is 10.6 Å². The van der Waals surface area contributed by atoms with Crippen molar-refractivity contribution in [1.29, 1.82) is 0 Å². The Bertz CT molecular complexity index is 557. The molecule has 4 atom stereocenters. The van der Waals surface area contributed by atoms with E-state index in [1.54, 1.807) is 4.31 Å². The van der Waals surface area contributed by atoms with Crippen molar-refractivity contribution in [2.75, 3.05) is 25.9 Å². The van der Waals surface area contributed by atoms with E-state index in [9.17, 15) is 8.42 Å². The van der Waals surface area contributed by atoms with Crippen LogP contribution in [0.4, 0.5) is 0 Å². The summed E-state index contributed by atoms with van der Waals surface area (Å²) in [6, 6.07) is 0.304. The number of halogens is 1. The Morgan fingerprint density at radius 3 is 2.71 bits per heavy atom. The van der Waals surface area contributed by atoms with Gasteiger partial charge in [0.05, 0.1) is 31.1 Å². The van der Waals surface area contributed by atoms with Crippen molar-refractivity contribution in [3.63, 3.8) is 0 Å². The Kier molecular flexibility index (Phi) is 7.15. The number of guanidine groups is 1. The molecule has 0 saturated carbocycles. The molecule has 2 N–H and O–H groups in total. The van der Waals surface area contributed by atoms with Gasteiger partial charge in [-0.2, -0.15) is 4.31 Å². The minimum atomic E-state index is -3.14. The first kappa shape index (κ1) is 20.2. The van der Waals surface area contributed by atoms with Gasteiger partial charge in [-0.3, -0.25) is 4.99 Å². The molecule has 0 radical (unpaired) electrons. The van der Waals surface area contributed by atoms with Crippen molar-refractivity contribution >= 4 is 40.0 Å². The highest BCUT2D eigenvalue weighted by atomic mass is 127. The van der Waals surface area contributed by atoms with Crippen molar-refractivity contribution in [2.24, 2.45) is 4.99 Å². The summed E-state index contributed by atoms with van der Waals surface area (Å²) in [5.41, 5.74) is 0. The Hall–Kier alpha value is -0.130. The number of ether oxygens (including phenoxy) is 1. The van der Waals surface area contributed by atoms with Gasteiger partial charge in [0.2, 0.25) is 10.0 Å². The van der Waals surface area contributed by atoms with Gasteiger partial charge in [0.25, 0.3) is 0 Å². The fourth-order valence-electron chi connectivity index (χ4n) is 3.91. The number of fused-ring (bicyclic) bond motifs is 2. The highest BCUT2D eigenvalue weighted by Crippen LogP contribution is 2.34. The summed E-state index contributed by atoms with van der Waals surface area (Å²) >= 11 is 0. The van der Waals surface area contributed by atoms with E-state index in [1.807, 2.05) is 6.92 Å². The van der Waals surface area contributed by atoms with Gasteiger partial charge in [0, 0.05) is 19.1 Å². The van der Waals surface area contributed by atoms with E-state index in [-0.39, 0.29) is 30.0 Å². The van der Waals surface area contributed by atoms with Crippen molar-refractivity contribution in [2.45, 2.75) is 63.3 Å². The predicted octanol–water partition coefficient (Wildman–Crippen LogP) is 0.903. The molecule has 0 amide bonds. The van der Waals surface area contributed by atoms with Gasteiger partial charge >= 0.3 is 0 Å². The van der Waals surface area contributed by atoms with Crippen LogP contribution in [-0.2, 0) is 14.8 Å². The molecule has 0 spiro atoms. The van der Waals surface area contributed by atoms with E-state index in [0.29, 0.717) is 31.3 Å². The van der Waals surface area contributed by atoms with E-state index in [4.69, 9.17) is 4.74 Å². The average Bonchev–Trinajstić information content (AvgIpc) is 3.20. The summed E-state index contributed by atoms with van der Waals surface area (Å²) in [5, 5.41) is 6.73. The number of aliphatic imine (C=N–C) groups is 1. The van der Waals surface area contributed by atoms with Gasteiger partial charge in [-0.25, -0.2) is 8.42 Å². The second-order valence-corrected chi connectivity index (χ2v) is 8.68. The van der Waals surface area contributed by atoms with E-state index >= 15 is 0 Å². The second-order valence-electron chi connectivity index (χ2n) is 6.75. The zero-order valence-corrected chi connectivity index (χ0v) is 17.5. The largest absolute Gasteiger partial charge is 0.373 e. The molecule has 7 nitrogen and oxygen atoms in total. The molecule has 0 aromatic heterocycles. The van der Waals surface area contributed by atoms with Gasteiger partial charge in [0.1, 0.15) is 0 Å². The highest BCUT2D eigenvalue weighted by Gasteiger charge is 2.41. The van der Waals surface area contributed by atoms with Crippen molar-refractivity contribution in [3.05, 3.63) is 0 Å². The maximum absolute atomic E-state index is 11.8. The Labute approximate surface area is 162 Å². The fourth-order valence-corrected chi connectivity index (χ4v) is 5.08. The van der Waals surface area contributed by atoms with Crippen LogP contribution in [0.2, 0.25) is 0 Å². The summed E-state index contributed by atoms with van der Waals surface area (Å²) in [4.78, 5) is 4.64. The van der Waals surface area contributed by atoms with Gasteiger partial charge in [-0.05, 0) is 39.0 Å². The molecule has 0 aliphatic carbocycles. The summed E-state index contributed by atoms with van der Waals surface area (Å²) in [5.74, 6) is 0.772. The van der Waals surface area contributed by atoms with Gasteiger partial charge < -0.3 is 15.4 Å². The molecule has 2 bridgehead atoms. The molecule has 3 fully saturated rings. The number of hydrogen-bond donors (Lipinski definition) is 2. The first-order valence-corrected chi connectivity index (χ1v) is 10.5. The van der Waals surface area contributed by atoms with E-state index in [0.717, 1.165) is 38.2 Å². The maximum atomic E-state index is 11.8. The van der Waals surface area contributed by atoms with Gasteiger partial charge in [-0.1, -0.05) is 0 Å². The Morgan fingerprint density at radius 1 is 1.33 bits per heavy atom. The lowest BCUT2D eigenvalue weighted by Crippen LogP contribution is -2.48. The van der Waals surface area contributed by atoms with Crippen LogP contribution in [0.15, 0.2) is 4.99 Å². The molecule has 0 aromatic carbocycles. The zero-order valence-electron chi connectivity index (χ0n) is 14.4. The fraction of sp³-hybridized carbons (Fsp3) is 0.933. The summed E-state index contributed by atoms with van der Waals surface area (Å²) in [6.07, 6.45) is 7.09. The Balaban J connectivity index is 0.00000208. The monoisotopic (exact) mass is 472 g/mol. The van der Waals surface area contributed by atoms with E-state index < -0.39 is 10.0 Å². The number of sulfonamides is 1. The third-order valence-electron chi connectivity index (χ3n) is 4.98. The molecule has 24 heavy (non-hydrogen) atoms. The molecular formula is C15H29IN4O3S. The maximum Gasteiger partial charge on any atom is 0.211 e. The van der Waals surface area contributed by atoms with Gasteiger partial charge in [-0.15, -0.1) is 24.0 Å². The minimum Gasteiger partial charge on any atom is -0.373 e. The zero-order chi connectivity index (χ0) is 16.4. The molecule has 3 rings (SSSR count). The minimum absolute atomic E-state index is 0. The number of hydrogen-bond acceptors (Lipinski definition) is 4. The molecule has 140 valence electrons. The molecule has 3 saturated heterocycles. The first-order valence-electron chi connectivity index (χ1n) is 8.64. The molecule has 0 aromatic rings.